The summed E-state index contributed by atoms with van der Waals surface area (Å²) in [5, 5.41) is 24.1. The van der Waals surface area contributed by atoms with Gasteiger partial charge in [-0.1, -0.05) is 54.6 Å². The van der Waals surface area contributed by atoms with Crippen LogP contribution in [0.5, 0.6) is 0 Å². The van der Waals surface area contributed by atoms with Gasteiger partial charge < -0.3 is 0 Å². The van der Waals surface area contributed by atoms with Crippen molar-refractivity contribution >= 4 is 33.2 Å². The molecule has 0 N–H and O–H groups in total. The Balaban J connectivity index is 1.38. The molecular formula is C34H20N6O4. The van der Waals surface area contributed by atoms with E-state index in [4.69, 9.17) is 19.9 Å². The maximum atomic E-state index is 11.2. The van der Waals surface area contributed by atoms with Crippen LogP contribution in [-0.2, 0) is 0 Å². The number of hydrogen-bond donors (Lipinski definition) is 0. The number of non-ortho nitro benzene ring substituents is 2. The molecule has 2 aromatic heterocycles. The number of benzene rings is 5. The van der Waals surface area contributed by atoms with E-state index in [-0.39, 0.29) is 11.4 Å². The molecule has 0 bridgehead atoms. The van der Waals surface area contributed by atoms with Gasteiger partial charge in [-0.3, -0.25) is 20.2 Å². The van der Waals surface area contributed by atoms with Crippen molar-refractivity contribution in [1.29, 1.82) is 0 Å². The lowest BCUT2D eigenvalue weighted by atomic mass is 10.00. The average molecular weight is 577 g/mol. The maximum Gasteiger partial charge on any atom is 0.269 e. The molecule has 0 atom stereocenters. The first-order chi connectivity index (χ1) is 21.4. The molecule has 7 aromatic rings. The van der Waals surface area contributed by atoms with Crippen molar-refractivity contribution in [3.63, 3.8) is 0 Å². The van der Waals surface area contributed by atoms with Crippen LogP contribution in [0.25, 0.3) is 67.1 Å². The first kappa shape index (κ1) is 26.5. The van der Waals surface area contributed by atoms with Gasteiger partial charge in [0.15, 0.2) is 11.6 Å². The highest BCUT2D eigenvalue weighted by Gasteiger charge is 2.16. The first-order valence-electron chi connectivity index (χ1n) is 13.6. The van der Waals surface area contributed by atoms with Crippen LogP contribution >= 0.6 is 0 Å². The van der Waals surface area contributed by atoms with Gasteiger partial charge >= 0.3 is 0 Å². The van der Waals surface area contributed by atoms with Crippen molar-refractivity contribution in [3.05, 3.63) is 142 Å². The van der Waals surface area contributed by atoms with Crippen molar-refractivity contribution in [2.24, 2.45) is 0 Å². The fourth-order valence-electron chi connectivity index (χ4n) is 5.13. The summed E-state index contributed by atoms with van der Waals surface area (Å²) in [6, 6.07) is 35.7. The first-order valence-corrected chi connectivity index (χ1v) is 13.6. The fourth-order valence-corrected chi connectivity index (χ4v) is 5.13. The average Bonchev–Trinajstić information content (AvgIpc) is 3.07. The summed E-state index contributed by atoms with van der Waals surface area (Å²) in [4.78, 5) is 40.8. The summed E-state index contributed by atoms with van der Waals surface area (Å²) in [5.41, 5.74) is 5.88. The predicted octanol–water partition coefficient (Wildman–Crippen LogP) is 8.06. The highest BCUT2D eigenvalue weighted by Crippen LogP contribution is 2.34. The number of para-hydroxylation sites is 2. The molecule has 7 rings (SSSR count). The number of nitro groups is 2. The molecular weight excluding hydrogens is 556 g/mol. The second-order valence-corrected chi connectivity index (χ2v) is 10.0. The number of nitro benzene ring substituents is 2. The molecule has 10 nitrogen and oxygen atoms in total. The number of nitrogens with zero attached hydrogens (tertiary/aromatic N) is 6. The van der Waals surface area contributed by atoms with Crippen LogP contribution in [0.3, 0.4) is 0 Å². The normalized spacial score (nSPS) is 11.1. The molecule has 0 saturated carbocycles. The molecule has 0 aliphatic carbocycles. The summed E-state index contributed by atoms with van der Waals surface area (Å²) in [7, 11) is 0. The SMILES string of the molecule is O=[N+]([O-])c1ccc(-c2nc(-c3cccc(-c4nc(-c5ccc([N+](=O)[O-])cc5)nc5ccccc45)c3)c3ccccc3n2)cc1. The van der Waals surface area contributed by atoms with Gasteiger partial charge in [-0.2, -0.15) is 0 Å². The van der Waals surface area contributed by atoms with Crippen molar-refractivity contribution in [3.8, 4) is 45.3 Å². The van der Waals surface area contributed by atoms with Gasteiger partial charge in [0.2, 0.25) is 0 Å². The molecule has 0 saturated heterocycles. The van der Waals surface area contributed by atoms with Gasteiger partial charge in [-0.15, -0.1) is 0 Å². The quantitative estimate of drug-likeness (QED) is 0.143. The molecule has 0 aliphatic rings. The Morgan fingerprint density at radius 1 is 0.432 bits per heavy atom. The summed E-state index contributed by atoms with van der Waals surface area (Å²) < 4.78 is 0. The Labute approximate surface area is 249 Å². The molecule has 0 radical (unpaired) electrons. The Kier molecular flexibility index (Phi) is 6.48. The summed E-state index contributed by atoms with van der Waals surface area (Å²) in [5.74, 6) is 0.902. The van der Waals surface area contributed by atoms with E-state index in [2.05, 4.69) is 0 Å². The van der Waals surface area contributed by atoms with Crippen molar-refractivity contribution < 1.29 is 9.85 Å². The van der Waals surface area contributed by atoms with Crippen molar-refractivity contribution in [2.45, 2.75) is 0 Å². The van der Waals surface area contributed by atoms with Crippen LogP contribution in [0.2, 0.25) is 0 Å². The van der Waals surface area contributed by atoms with Gasteiger partial charge in [-0.05, 0) is 42.5 Å². The van der Waals surface area contributed by atoms with Gasteiger partial charge in [0.1, 0.15) is 0 Å². The predicted molar refractivity (Wildman–Crippen MR) is 168 cm³/mol. The van der Waals surface area contributed by atoms with E-state index < -0.39 is 9.85 Å². The minimum absolute atomic E-state index is 0.00682. The van der Waals surface area contributed by atoms with Crippen LogP contribution < -0.4 is 0 Å². The number of rotatable bonds is 6. The molecule has 0 aliphatic heterocycles. The zero-order chi connectivity index (χ0) is 30.2. The van der Waals surface area contributed by atoms with E-state index in [1.165, 1.54) is 24.3 Å². The highest BCUT2D eigenvalue weighted by molar-refractivity contribution is 5.97. The Morgan fingerprint density at radius 2 is 0.841 bits per heavy atom. The third kappa shape index (κ3) is 4.86. The van der Waals surface area contributed by atoms with Crippen LogP contribution in [0.15, 0.2) is 121 Å². The third-order valence-corrected chi connectivity index (χ3v) is 7.29. The molecule has 5 aromatic carbocycles. The fraction of sp³-hybridized carbons (Fsp3) is 0. The summed E-state index contributed by atoms with van der Waals surface area (Å²) >= 11 is 0. The van der Waals surface area contributed by atoms with Crippen LogP contribution in [-0.4, -0.2) is 29.8 Å². The molecule has 0 amide bonds. The lowest BCUT2D eigenvalue weighted by Gasteiger charge is -2.12. The minimum atomic E-state index is -0.439. The lowest BCUT2D eigenvalue weighted by molar-refractivity contribution is -0.385. The van der Waals surface area contributed by atoms with Crippen LogP contribution in [0.4, 0.5) is 11.4 Å². The third-order valence-electron chi connectivity index (χ3n) is 7.29. The molecule has 2 heterocycles. The number of aromatic nitrogens is 4. The topological polar surface area (TPSA) is 138 Å². The highest BCUT2D eigenvalue weighted by atomic mass is 16.6. The van der Waals surface area contributed by atoms with Crippen molar-refractivity contribution in [2.75, 3.05) is 0 Å². The molecule has 210 valence electrons. The second kappa shape index (κ2) is 10.8. The smallest absolute Gasteiger partial charge is 0.258 e. The zero-order valence-corrected chi connectivity index (χ0v) is 22.9. The summed E-state index contributed by atoms with van der Waals surface area (Å²) in [6.45, 7) is 0. The Bertz CT molecular complexity index is 2080. The molecule has 0 unspecified atom stereocenters. The molecule has 10 heteroatoms. The zero-order valence-electron chi connectivity index (χ0n) is 22.9. The minimum Gasteiger partial charge on any atom is -0.258 e. The Hall–Kier alpha value is -6.42. The van der Waals surface area contributed by atoms with Gasteiger partial charge in [0, 0.05) is 57.3 Å². The van der Waals surface area contributed by atoms with Crippen LogP contribution in [0, 0.1) is 20.2 Å². The maximum absolute atomic E-state index is 11.2. The lowest BCUT2D eigenvalue weighted by Crippen LogP contribution is -1.97. The van der Waals surface area contributed by atoms with E-state index in [0.29, 0.717) is 34.2 Å². The van der Waals surface area contributed by atoms with Crippen LogP contribution in [0.1, 0.15) is 0 Å². The van der Waals surface area contributed by atoms with E-state index >= 15 is 0 Å². The molecule has 44 heavy (non-hydrogen) atoms. The van der Waals surface area contributed by atoms with Gasteiger partial charge in [0.05, 0.1) is 32.3 Å². The van der Waals surface area contributed by atoms with Gasteiger partial charge in [-0.25, -0.2) is 19.9 Å². The standard InChI is InChI=1S/C34H20N6O4/c41-39(42)25-16-12-21(13-17-25)33-35-29-10-3-1-8-27(29)31(37-33)23-6-5-7-24(20-23)32-28-9-2-4-11-30(28)36-34(38-32)22-14-18-26(19-15-22)40(43)44/h1-20H. The number of fused-ring (bicyclic) bond motifs is 2. The Morgan fingerprint density at radius 3 is 1.25 bits per heavy atom. The van der Waals surface area contributed by atoms with E-state index in [0.717, 1.165) is 32.9 Å². The molecule has 0 spiro atoms. The number of hydrogen-bond acceptors (Lipinski definition) is 8. The summed E-state index contributed by atoms with van der Waals surface area (Å²) in [6.07, 6.45) is 0. The monoisotopic (exact) mass is 576 g/mol. The van der Waals surface area contributed by atoms with E-state index in [1.807, 2.05) is 72.8 Å². The van der Waals surface area contributed by atoms with Crippen molar-refractivity contribution in [1.82, 2.24) is 19.9 Å². The molecule has 0 fully saturated rings. The second-order valence-electron chi connectivity index (χ2n) is 10.0. The van der Waals surface area contributed by atoms with E-state index in [1.54, 1.807) is 24.3 Å². The van der Waals surface area contributed by atoms with Gasteiger partial charge in [0.25, 0.3) is 11.4 Å². The largest absolute Gasteiger partial charge is 0.269 e. The van der Waals surface area contributed by atoms with E-state index in [9.17, 15) is 20.2 Å².